The third kappa shape index (κ3) is 3.14. The summed E-state index contributed by atoms with van der Waals surface area (Å²) < 4.78 is 21.4. The summed E-state index contributed by atoms with van der Waals surface area (Å²) >= 11 is 0. The van der Waals surface area contributed by atoms with Crippen LogP contribution >= 0.6 is 0 Å². The molecule has 25 heavy (non-hydrogen) atoms. The molecule has 0 bridgehead atoms. The number of H-pyrrole nitrogens is 1. The Hall–Kier alpha value is -2.32. The summed E-state index contributed by atoms with van der Waals surface area (Å²) in [4.78, 5) is 11.3. The first-order valence-corrected chi connectivity index (χ1v) is 8.51. The minimum Gasteiger partial charge on any atom is -0.367 e. The number of aryl methyl sites for hydroxylation is 2. The quantitative estimate of drug-likeness (QED) is 0.785. The van der Waals surface area contributed by atoms with Crippen LogP contribution in [0.2, 0.25) is 0 Å². The molecule has 8 heteroatoms. The maximum absolute atomic E-state index is 13.5. The Morgan fingerprint density at radius 1 is 1.36 bits per heavy atom. The molecule has 0 amide bonds. The van der Waals surface area contributed by atoms with Crippen molar-refractivity contribution in [2.75, 3.05) is 19.7 Å². The van der Waals surface area contributed by atoms with Crippen molar-refractivity contribution >= 4 is 11.0 Å². The molecule has 132 valence electrons. The van der Waals surface area contributed by atoms with E-state index in [2.05, 4.69) is 36.6 Å². The molecule has 3 heterocycles. The third-order valence-corrected chi connectivity index (χ3v) is 4.52. The van der Waals surface area contributed by atoms with Crippen molar-refractivity contribution in [3.63, 3.8) is 0 Å². The lowest BCUT2D eigenvalue weighted by Gasteiger charge is -2.31. The zero-order chi connectivity index (χ0) is 17.4. The number of rotatable bonds is 4. The molecule has 1 fully saturated rings. The molecular formula is C17H21FN6O. The first-order chi connectivity index (χ1) is 12.1. The summed E-state index contributed by atoms with van der Waals surface area (Å²) in [6, 6.07) is 4.77. The second-order valence-corrected chi connectivity index (χ2v) is 6.28. The van der Waals surface area contributed by atoms with Crippen LogP contribution in [-0.2, 0) is 17.8 Å². The number of hydrogen-bond acceptors (Lipinski definition) is 5. The minimum atomic E-state index is -0.258. The molecule has 1 atom stereocenters. The summed E-state index contributed by atoms with van der Waals surface area (Å²) in [6.45, 7) is 7.59. The van der Waals surface area contributed by atoms with E-state index in [0.29, 0.717) is 31.0 Å². The molecule has 1 saturated heterocycles. The Morgan fingerprint density at radius 2 is 2.24 bits per heavy atom. The lowest BCUT2D eigenvalue weighted by atomic mass is 10.2. The van der Waals surface area contributed by atoms with Crippen LogP contribution in [-0.4, -0.2) is 49.3 Å². The molecule has 1 aliphatic heterocycles. The monoisotopic (exact) mass is 344 g/mol. The van der Waals surface area contributed by atoms with Gasteiger partial charge in [0.1, 0.15) is 23.6 Å². The fourth-order valence-corrected chi connectivity index (χ4v) is 3.33. The maximum Gasteiger partial charge on any atom is 0.180 e. The van der Waals surface area contributed by atoms with Crippen molar-refractivity contribution in [1.29, 1.82) is 0 Å². The molecule has 1 aliphatic rings. The van der Waals surface area contributed by atoms with E-state index < -0.39 is 0 Å². The van der Waals surface area contributed by atoms with Gasteiger partial charge in [0.15, 0.2) is 5.82 Å². The fraction of sp³-hybridized carbons (Fsp3) is 0.471. The first kappa shape index (κ1) is 16.2. The van der Waals surface area contributed by atoms with E-state index in [-0.39, 0.29) is 11.9 Å². The standard InChI is InChI=1S/C17H21FN6O/c1-3-24-14-5-4-12(18)8-13(14)20-16(24)10-23-6-7-25-15(9-23)17-19-11(2)21-22-17/h4-5,8,15H,3,6-7,9-10H2,1-2H3,(H,19,21,22)/t15-/m1/s1. The highest BCUT2D eigenvalue weighted by Gasteiger charge is 2.26. The third-order valence-electron chi connectivity index (χ3n) is 4.52. The average molecular weight is 344 g/mol. The molecule has 1 N–H and O–H groups in total. The highest BCUT2D eigenvalue weighted by molar-refractivity contribution is 5.76. The number of aromatic amines is 1. The van der Waals surface area contributed by atoms with E-state index in [1.807, 2.05) is 6.92 Å². The molecule has 2 aromatic heterocycles. The lowest BCUT2D eigenvalue weighted by Crippen LogP contribution is -2.38. The second-order valence-electron chi connectivity index (χ2n) is 6.28. The summed E-state index contributed by atoms with van der Waals surface area (Å²) in [7, 11) is 0. The summed E-state index contributed by atoms with van der Waals surface area (Å²) in [6.07, 6.45) is -0.143. The van der Waals surface area contributed by atoms with Gasteiger partial charge in [-0.05, 0) is 26.0 Å². The predicted molar refractivity (Wildman–Crippen MR) is 90.5 cm³/mol. The number of imidazole rings is 1. The highest BCUT2D eigenvalue weighted by atomic mass is 19.1. The maximum atomic E-state index is 13.5. The minimum absolute atomic E-state index is 0.143. The number of ether oxygens (including phenoxy) is 1. The van der Waals surface area contributed by atoms with Gasteiger partial charge in [0, 0.05) is 25.7 Å². The molecule has 7 nitrogen and oxygen atoms in total. The van der Waals surface area contributed by atoms with E-state index in [1.165, 1.54) is 12.1 Å². The van der Waals surface area contributed by atoms with Gasteiger partial charge in [0.05, 0.1) is 24.2 Å². The number of halogens is 1. The van der Waals surface area contributed by atoms with Gasteiger partial charge >= 0.3 is 0 Å². The van der Waals surface area contributed by atoms with E-state index in [9.17, 15) is 4.39 Å². The Labute approximate surface area is 144 Å². The Kier molecular flexibility index (Phi) is 4.22. The van der Waals surface area contributed by atoms with E-state index in [0.717, 1.165) is 30.3 Å². The van der Waals surface area contributed by atoms with Crippen LogP contribution in [0.5, 0.6) is 0 Å². The van der Waals surface area contributed by atoms with Crippen LogP contribution in [0.1, 0.15) is 30.5 Å². The zero-order valence-electron chi connectivity index (χ0n) is 14.4. The van der Waals surface area contributed by atoms with Crippen molar-refractivity contribution < 1.29 is 9.13 Å². The lowest BCUT2D eigenvalue weighted by molar-refractivity contribution is -0.0380. The summed E-state index contributed by atoms with van der Waals surface area (Å²) in [5, 5.41) is 7.07. The fourth-order valence-electron chi connectivity index (χ4n) is 3.33. The van der Waals surface area contributed by atoms with Gasteiger partial charge in [-0.3, -0.25) is 10.00 Å². The number of fused-ring (bicyclic) bond motifs is 1. The van der Waals surface area contributed by atoms with Gasteiger partial charge in [-0.1, -0.05) is 0 Å². The molecule has 0 unspecified atom stereocenters. The molecular weight excluding hydrogens is 323 g/mol. The summed E-state index contributed by atoms with van der Waals surface area (Å²) in [5.41, 5.74) is 1.67. The molecule has 0 radical (unpaired) electrons. The zero-order valence-corrected chi connectivity index (χ0v) is 14.4. The van der Waals surface area contributed by atoms with Crippen molar-refractivity contribution in [2.24, 2.45) is 0 Å². The molecule has 0 aliphatic carbocycles. The highest BCUT2D eigenvalue weighted by Crippen LogP contribution is 2.23. The van der Waals surface area contributed by atoms with Crippen LogP contribution in [0, 0.1) is 12.7 Å². The number of hydrogen-bond donors (Lipinski definition) is 1. The normalized spacial score (nSPS) is 18.9. The van der Waals surface area contributed by atoms with Crippen molar-refractivity contribution in [1.82, 2.24) is 29.6 Å². The topological polar surface area (TPSA) is 71.9 Å². The first-order valence-electron chi connectivity index (χ1n) is 8.51. The smallest absolute Gasteiger partial charge is 0.180 e. The average Bonchev–Trinajstić information content (AvgIpc) is 3.17. The van der Waals surface area contributed by atoms with E-state index >= 15 is 0 Å². The molecule has 1 aromatic carbocycles. The van der Waals surface area contributed by atoms with E-state index in [1.54, 1.807) is 6.07 Å². The SMILES string of the molecule is CCn1c(CN2CCO[C@@H](c3n[nH]c(C)n3)C2)nc2cc(F)ccc21. The molecule has 4 rings (SSSR count). The number of aromatic nitrogens is 5. The van der Waals surface area contributed by atoms with Crippen LogP contribution in [0.15, 0.2) is 18.2 Å². The number of nitrogens with one attached hydrogen (secondary N) is 1. The second kappa shape index (κ2) is 6.53. The number of benzene rings is 1. The van der Waals surface area contributed by atoms with Crippen LogP contribution < -0.4 is 0 Å². The van der Waals surface area contributed by atoms with Crippen molar-refractivity contribution in [2.45, 2.75) is 33.0 Å². The van der Waals surface area contributed by atoms with Gasteiger partial charge in [0.25, 0.3) is 0 Å². The Morgan fingerprint density at radius 3 is 3.00 bits per heavy atom. The predicted octanol–water partition coefficient (Wildman–Crippen LogP) is 2.20. The van der Waals surface area contributed by atoms with Gasteiger partial charge in [0.2, 0.25) is 0 Å². The van der Waals surface area contributed by atoms with Crippen LogP contribution in [0.4, 0.5) is 4.39 Å². The van der Waals surface area contributed by atoms with Crippen LogP contribution in [0.3, 0.4) is 0 Å². The molecule has 3 aromatic rings. The van der Waals surface area contributed by atoms with E-state index in [4.69, 9.17) is 4.74 Å². The van der Waals surface area contributed by atoms with Crippen LogP contribution in [0.25, 0.3) is 11.0 Å². The van der Waals surface area contributed by atoms with Gasteiger partial charge in [-0.25, -0.2) is 14.4 Å². The van der Waals surface area contributed by atoms with Gasteiger partial charge in [-0.15, -0.1) is 0 Å². The summed E-state index contributed by atoms with van der Waals surface area (Å²) in [5.74, 6) is 2.15. The number of nitrogens with zero attached hydrogens (tertiary/aromatic N) is 5. The van der Waals surface area contributed by atoms with Crippen molar-refractivity contribution in [3.05, 3.63) is 41.5 Å². The van der Waals surface area contributed by atoms with Gasteiger partial charge < -0.3 is 9.30 Å². The number of morpholine rings is 1. The van der Waals surface area contributed by atoms with Gasteiger partial charge in [-0.2, -0.15) is 5.10 Å². The Bertz CT molecular complexity index is 889. The molecule has 0 spiro atoms. The Balaban J connectivity index is 1.56. The molecule has 0 saturated carbocycles. The van der Waals surface area contributed by atoms with Crippen molar-refractivity contribution in [3.8, 4) is 0 Å². The largest absolute Gasteiger partial charge is 0.367 e.